The van der Waals surface area contributed by atoms with Gasteiger partial charge in [-0.05, 0) is 49.7 Å². The van der Waals surface area contributed by atoms with Gasteiger partial charge in [0.1, 0.15) is 12.4 Å². The number of carbonyl (C=O) groups excluding carboxylic acids is 2. The molecule has 0 atom stereocenters. The molecule has 3 rings (SSSR count). The Kier molecular flexibility index (Phi) is 8.57. The smallest absolute Gasteiger partial charge is 0.315 e. The number of aryl methyl sites for hydroxylation is 1. The Morgan fingerprint density at radius 3 is 2.29 bits per heavy atom. The highest BCUT2D eigenvalue weighted by Gasteiger charge is 2.23. The van der Waals surface area contributed by atoms with E-state index >= 15 is 0 Å². The lowest BCUT2D eigenvalue weighted by atomic mass is 9.92. The summed E-state index contributed by atoms with van der Waals surface area (Å²) in [6.07, 6.45) is 1.69. The Hall–Kier alpha value is -3.32. The van der Waals surface area contributed by atoms with Crippen molar-refractivity contribution in [3.8, 4) is 5.69 Å². The molecule has 1 heterocycles. The highest BCUT2D eigenvalue weighted by molar-refractivity contribution is 6.30. The van der Waals surface area contributed by atoms with Gasteiger partial charge in [-0.3, -0.25) is 4.79 Å². The number of aromatic nitrogens is 2. The Morgan fingerprint density at radius 2 is 1.69 bits per heavy atom. The molecule has 0 radical (unpaired) electrons. The second-order valence-electron chi connectivity index (χ2n) is 9.67. The van der Waals surface area contributed by atoms with Gasteiger partial charge in [-0.25, -0.2) is 9.48 Å². The molecule has 0 fully saturated rings. The van der Waals surface area contributed by atoms with Crippen LogP contribution in [-0.2, 0) is 10.2 Å². The molecule has 0 aliphatic carbocycles. The van der Waals surface area contributed by atoms with E-state index in [1.165, 1.54) is 4.90 Å². The van der Waals surface area contributed by atoms with Crippen LogP contribution in [0.2, 0.25) is 5.02 Å². The number of unbranched alkanes of at least 4 members (excludes halogenated alkanes) is 1. The first kappa shape index (κ1) is 26.3. The molecule has 0 saturated carbocycles. The van der Waals surface area contributed by atoms with E-state index in [9.17, 15) is 9.59 Å². The Labute approximate surface area is 212 Å². The van der Waals surface area contributed by atoms with Crippen LogP contribution in [-0.4, -0.2) is 39.7 Å². The van der Waals surface area contributed by atoms with Crippen molar-refractivity contribution in [1.29, 1.82) is 0 Å². The molecule has 0 aliphatic heterocycles. The SMILES string of the molecule is CCCCN(CC(=O)Nc1cc(C(C)(C)C)nn1-c1ccc(C)cc1)C(=O)Nc1ccc(Cl)cc1. The summed E-state index contributed by atoms with van der Waals surface area (Å²) in [4.78, 5) is 27.5. The van der Waals surface area contributed by atoms with Crippen LogP contribution in [0.25, 0.3) is 5.69 Å². The molecule has 2 aromatic carbocycles. The van der Waals surface area contributed by atoms with Gasteiger partial charge < -0.3 is 15.5 Å². The lowest BCUT2D eigenvalue weighted by Crippen LogP contribution is -2.41. The van der Waals surface area contributed by atoms with Gasteiger partial charge >= 0.3 is 6.03 Å². The summed E-state index contributed by atoms with van der Waals surface area (Å²) < 4.78 is 1.74. The van der Waals surface area contributed by atoms with Crippen LogP contribution in [0.15, 0.2) is 54.6 Å². The molecule has 7 nitrogen and oxygen atoms in total. The number of hydrogen-bond acceptors (Lipinski definition) is 3. The van der Waals surface area contributed by atoms with Gasteiger partial charge in [0, 0.05) is 28.7 Å². The largest absolute Gasteiger partial charge is 0.322 e. The summed E-state index contributed by atoms with van der Waals surface area (Å²) in [5, 5.41) is 11.2. The van der Waals surface area contributed by atoms with Crippen molar-refractivity contribution in [3.63, 3.8) is 0 Å². The van der Waals surface area contributed by atoms with Gasteiger partial charge in [0.05, 0.1) is 11.4 Å². The molecule has 0 unspecified atom stereocenters. The molecule has 3 aromatic rings. The van der Waals surface area contributed by atoms with Gasteiger partial charge in [0.15, 0.2) is 0 Å². The number of amides is 3. The number of benzene rings is 2. The second-order valence-corrected chi connectivity index (χ2v) is 10.1. The van der Waals surface area contributed by atoms with Crippen molar-refractivity contribution < 1.29 is 9.59 Å². The number of rotatable bonds is 8. The van der Waals surface area contributed by atoms with Gasteiger partial charge in [-0.1, -0.05) is 63.4 Å². The van der Waals surface area contributed by atoms with Crippen LogP contribution in [0.4, 0.5) is 16.3 Å². The van der Waals surface area contributed by atoms with Crippen LogP contribution in [0.1, 0.15) is 51.8 Å². The molecule has 1 aromatic heterocycles. The lowest BCUT2D eigenvalue weighted by Gasteiger charge is -2.22. The number of halogens is 1. The van der Waals surface area contributed by atoms with Crippen LogP contribution < -0.4 is 10.6 Å². The highest BCUT2D eigenvalue weighted by atomic mass is 35.5. The Bertz CT molecular complexity index is 1150. The van der Waals surface area contributed by atoms with E-state index in [4.69, 9.17) is 16.7 Å². The molecular weight excluding hydrogens is 462 g/mol. The minimum atomic E-state index is -0.335. The molecular formula is C27H34ClN5O2. The fraction of sp³-hybridized carbons (Fsp3) is 0.370. The molecule has 0 bridgehead atoms. The van der Waals surface area contributed by atoms with E-state index in [0.717, 1.165) is 29.8 Å². The maximum atomic E-state index is 13.1. The summed E-state index contributed by atoms with van der Waals surface area (Å²) in [5.74, 6) is 0.276. The van der Waals surface area contributed by atoms with Crippen molar-refractivity contribution in [3.05, 3.63) is 70.9 Å². The first-order chi connectivity index (χ1) is 16.6. The molecule has 35 heavy (non-hydrogen) atoms. The minimum Gasteiger partial charge on any atom is -0.315 e. The minimum absolute atomic E-state index is 0.0800. The second kappa shape index (κ2) is 11.4. The van der Waals surface area contributed by atoms with E-state index in [1.807, 2.05) is 44.2 Å². The molecule has 8 heteroatoms. The van der Waals surface area contributed by atoms with Crippen molar-refractivity contribution in [1.82, 2.24) is 14.7 Å². The van der Waals surface area contributed by atoms with Crippen LogP contribution in [0, 0.1) is 6.92 Å². The summed E-state index contributed by atoms with van der Waals surface area (Å²) in [6, 6.07) is 16.4. The van der Waals surface area contributed by atoms with E-state index < -0.39 is 0 Å². The molecule has 2 N–H and O–H groups in total. The zero-order valence-corrected chi connectivity index (χ0v) is 21.8. The normalized spacial score (nSPS) is 11.3. The van der Waals surface area contributed by atoms with Crippen LogP contribution >= 0.6 is 11.6 Å². The van der Waals surface area contributed by atoms with Gasteiger partial charge in [0.25, 0.3) is 0 Å². The van der Waals surface area contributed by atoms with E-state index in [2.05, 4.69) is 31.4 Å². The Morgan fingerprint density at radius 1 is 1.03 bits per heavy atom. The van der Waals surface area contributed by atoms with Gasteiger partial charge in [-0.15, -0.1) is 0 Å². The maximum Gasteiger partial charge on any atom is 0.322 e. The number of anilines is 2. The predicted octanol–water partition coefficient (Wildman–Crippen LogP) is 6.40. The fourth-order valence-corrected chi connectivity index (χ4v) is 3.54. The zero-order chi connectivity index (χ0) is 25.6. The zero-order valence-electron chi connectivity index (χ0n) is 21.1. The molecule has 0 aliphatic rings. The van der Waals surface area contributed by atoms with E-state index in [1.54, 1.807) is 28.9 Å². The third kappa shape index (κ3) is 7.33. The Balaban J connectivity index is 1.79. The maximum absolute atomic E-state index is 13.1. The highest BCUT2D eigenvalue weighted by Crippen LogP contribution is 2.26. The van der Waals surface area contributed by atoms with Gasteiger partial charge in [0.2, 0.25) is 5.91 Å². The lowest BCUT2D eigenvalue weighted by molar-refractivity contribution is -0.116. The number of urea groups is 1. The van der Waals surface area contributed by atoms with Gasteiger partial charge in [-0.2, -0.15) is 5.10 Å². The molecule has 3 amide bonds. The topological polar surface area (TPSA) is 79.3 Å². The third-order valence-corrected chi connectivity index (χ3v) is 5.77. The molecule has 186 valence electrons. The third-order valence-electron chi connectivity index (χ3n) is 5.52. The first-order valence-corrected chi connectivity index (χ1v) is 12.2. The number of nitrogens with zero attached hydrogens (tertiary/aromatic N) is 3. The van der Waals surface area contributed by atoms with Crippen molar-refractivity contribution in [2.45, 2.75) is 52.9 Å². The van der Waals surface area contributed by atoms with Crippen LogP contribution in [0.3, 0.4) is 0 Å². The average Bonchev–Trinajstić information content (AvgIpc) is 3.22. The number of carbonyl (C=O) groups is 2. The van der Waals surface area contributed by atoms with E-state index in [-0.39, 0.29) is 23.9 Å². The summed E-state index contributed by atoms with van der Waals surface area (Å²) in [7, 11) is 0. The average molecular weight is 496 g/mol. The monoisotopic (exact) mass is 495 g/mol. The summed E-state index contributed by atoms with van der Waals surface area (Å²) >= 11 is 5.94. The summed E-state index contributed by atoms with van der Waals surface area (Å²) in [5.41, 5.74) is 3.27. The summed E-state index contributed by atoms with van der Waals surface area (Å²) in [6.45, 7) is 10.7. The molecule has 0 saturated heterocycles. The fourth-order valence-electron chi connectivity index (χ4n) is 3.41. The molecule has 0 spiro atoms. The standard InChI is InChI=1S/C27H34ClN5O2/c1-6-7-16-32(26(35)29-21-12-10-20(28)11-13-21)18-25(34)30-24-17-23(27(3,4)5)31-33(24)22-14-8-19(2)9-15-22/h8-15,17H,6-7,16,18H2,1-5H3,(H,29,35)(H,30,34). The predicted molar refractivity (Wildman–Crippen MR) is 143 cm³/mol. The van der Waals surface area contributed by atoms with Crippen molar-refractivity contribution in [2.24, 2.45) is 0 Å². The van der Waals surface area contributed by atoms with Crippen molar-refractivity contribution in [2.75, 3.05) is 23.7 Å². The number of hydrogen-bond donors (Lipinski definition) is 2. The van der Waals surface area contributed by atoms with E-state index in [0.29, 0.717) is 23.1 Å². The van der Waals surface area contributed by atoms with Crippen LogP contribution in [0.5, 0.6) is 0 Å². The van der Waals surface area contributed by atoms with Crippen molar-refractivity contribution >= 4 is 35.0 Å². The number of nitrogens with one attached hydrogen (secondary N) is 2. The first-order valence-electron chi connectivity index (χ1n) is 11.9. The quantitative estimate of drug-likeness (QED) is 0.379.